The first kappa shape index (κ1) is 23.7. The number of nitrogens with one attached hydrogen (secondary N) is 1. The fourth-order valence-electron chi connectivity index (χ4n) is 4.30. The number of carbonyl (C=O) groups is 2. The van der Waals surface area contributed by atoms with Gasteiger partial charge in [-0.1, -0.05) is 55.8 Å². The highest BCUT2D eigenvalue weighted by Gasteiger charge is 2.24. The van der Waals surface area contributed by atoms with E-state index in [0.29, 0.717) is 23.4 Å². The van der Waals surface area contributed by atoms with Crippen molar-refractivity contribution in [2.24, 2.45) is 0 Å². The first-order valence-corrected chi connectivity index (χ1v) is 12.4. The molecule has 1 aliphatic rings. The molecule has 1 unspecified atom stereocenters. The number of carboxylic acids is 2. The molecule has 7 heteroatoms. The molecule has 0 amide bonds. The van der Waals surface area contributed by atoms with Crippen LogP contribution in [0.4, 0.5) is 0 Å². The average molecular weight is 477 g/mol. The highest BCUT2D eigenvalue weighted by molar-refractivity contribution is 7.99. The molecule has 0 fully saturated rings. The van der Waals surface area contributed by atoms with Gasteiger partial charge in [0.1, 0.15) is 0 Å². The van der Waals surface area contributed by atoms with Gasteiger partial charge in [0.25, 0.3) is 0 Å². The van der Waals surface area contributed by atoms with Crippen LogP contribution in [0.2, 0.25) is 0 Å². The Labute approximate surface area is 203 Å². The number of benzene rings is 3. The molecule has 0 radical (unpaired) electrons. The van der Waals surface area contributed by atoms with Crippen LogP contribution in [-0.2, 0) is 6.42 Å². The summed E-state index contributed by atoms with van der Waals surface area (Å²) < 4.78 is 0. The predicted molar refractivity (Wildman–Crippen MR) is 135 cm³/mol. The maximum atomic E-state index is 11.6. The van der Waals surface area contributed by atoms with E-state index in [2.05, 4.69) is 23.3 Å². The van der Waals surface area contributed by atoms with Gasteiger partial charge in [-0.05, 0) is 47.4 Å². The third kappa shape index (κ3) is 5.20. The van der Waals surface area contributed by atoms with Crippen LogP contribution in [0.3, 0.4) is 0 Å². The van der Waals surface area contributed by atoms with Gasteiger partial charge in [-0.15, -0.1) is 11.8 Å². The second kappa shape index (κ2) is 10.7. The molecule has 3 N–H and O–H groups in total. The molecule has 1 heterocycles. The van der Waals surface area contributed by atoms with Gasteiger partial charge in [0, 0.05) is 23.2 Å². The summed E-state index contributed by atoms with van der Waals surface area (Å²) in [5.41, 5.74) is 2.77. The lowest BCUT2D eigenvalue weighted by Crippen LogP contribution is -2.36. The Morgan fingerprint density at radius 2 is 1.65 bits per heavy atom. The zero-order valence-electron chi connectivity index (χ0n) is 19.0. The van der Waals surface area contributed by atoms with Gasteiger partial charge < -0.3 is 20.4 Å². The molecule has 3 aromatic rings. The molecule has 1 aliphatic heterocycles. The summed E-state index contributed by atoms with van der Waals surface area (Å²) in [6, 6.07) is 18.3. The van der Waals surface area contributed by atoms with E-state index in [1.165, 1.54) is 11.8 Å². The SMILES string of the molecule is CCCCC1NC(Cc2ccc(C(=O)O)c3ccccc23)=CN1CSc1ccccc1C(=O)O. The summed E-state index contributed by atoms with van der Waals surface area (Å²) in [5, 5.41) is 24.4. The summed E-state index contributed by atoms with van der Waals surface area (Å²) in [4.78, 5) is 26.2. The van der Waals surface area contributed by atoms with E-state index in [1.54, 1.807) is 18.2 Å². The van der Waals surface area contributed by atoms with E-state index in [1.807, 2.05) is 42.5 Å². The van der Waals surface area contributed by atoms with Crippen LogP contribution in [0.15, 0.2) is 77.5 Å². The Morgan fingerprint density at radius 1 is 0.941 bits per heavy atom. The third-order valence-corrected chi connectivity index (χ3v) is 7.11. The number of rotatable bonds is 10. The van der Waals surface area contributed by atoms with Crippen LogP contribution in [0, 0.1) is 0 Å². The molecule has 176 valence electrons. The number of unbranched alkanes of at least 4 members (excludes halogenated alkanes) is 1. The quantitative estimate of drug-likeness (QED) is 0.319. The van der Waals surface area contributed by atoms with Crippen molar-refractivity contribution in [2.45, 2.75) is 43.7 Å². The minimum Gasteiger partial charge on any atom is -0.478 e. The van der Waals surface area contributed by atoms with E-state index in [-0.39, 0.29) is 6.17 Å². The largest absolute Gasteiger partial charge is 0.478 e. The molecule has 1 atom stereocenters. The topological polar surface area (TPSA) is 89.9 Å². The van der Waals surface area contributed by atoms with Crippen molar-refractivity contribution in [3.63, 3.8) is 0 Å². The molecule has 0 saturated heterocycles. The van der Waals surface area contributed by atoms with Gasteiger partial charge >= 0.3 is 11.9 Å². The van der Waals surface area contributed by atoms with Crippen LogP contribution in [0.25, 0.3) is 10.8 Å². The first-order chi connectivity index (χ1) is 16.5. The Balaban J connectivity index is 1.56. The minimum absolute atomic E-state index is 0.143. The van der Waals surface area contributed by atoms with Crippen molar-refractivity contribution in [1.29, 1.82) is 0 Å². The lowest BCUT2D eigenvalue weighted by molar-refractivity contribution is 0.0685. The van der Waals surface area contributed by atoms with Gasteiger partial charge in [0.05, 0.1) is 23.2 Å². The summed E-state index contributed by atoms with van der Waals surface area (Å²) in [7, 11) is 0. The summed E-state index contributed by atoms with van der Waals surface area (Å²) in [6.07, 6.45) is 6.09. The number of hydrogen-bond acceptors (Lipinski definition) is 5. The van der Waals surface area contributed by atoms with Crippen molar-refractivity contribution in [3.8, 4) is 0 Å². The number of carboxylic acid groups (broad SMARTS) is 2. The van der Waals surface area contributed by atoms with Crippen LogP contribution >= 0.6 is 11.8 Å². The molecular formula is C27H28N2O4S. The maximum Gasteiger partial charge on any atom is 0.336 e. The molecule has 0 bridgehead atoms. The number of fused-ring (bicyclic) bond motifs is 1. The summed E-state index contributed by atoms with van der Waals surface area (Å²) >= 11 is 1.52. The molecule has 3 aromatic carbocycles. The fraction of sp³-hybridized carbons (Fsp3) is 0.259. The molecule has 6 nitrogen and oxygen atoms in total. The number of aromatic carboxylic acids is 2. The maximum absolute atomic E-state index is 11.6. The monoisotopic (exact) mass is 476 g/mol. The lowest BCUT2D eigenvalue weighted by atomic mass is 9.97. The van der Waals surface area contributed by atoms with Gasteiger partial charge in [-0.25, -0.2) is 9.59 Å². The number of allylic oxidation sites excluding steroid dienone is 1. The van der Waals surface area contributed by atoms with Gasteiger partial charge in [-0.2, -0.15) is 0 Å². The molecule has 4 rings (SSSR count). The van der Waals surface area contributed by atoms with Crippen LogP contribution in [-0.4, -0.2) is 39.1 Å². The van der Waals surface area contributed by atoms with Crippen molar-refractivity contribution in [3.05, 3.63) is 89.3 Å². The lowest BCUT2D eigenvalue weighted by Gasteiger charge is -2.25. The number of thioether (sulfide) groups is 1. The third-order valence-electron chi connectivity index (χ3n) is 6.02. The van der Waals surface area contributed by atoms with Crippen LogP contribution in [0.5, 0.6) is 0 Å². The number of nitrogens with zero attached hydrogens (tertiary/aromatic N) is 1. The molecule has 0 aromatic heterocycles. The van der Waals surface area contributed by atoms with Crippen LogP contribution in [0.1, 0.15) is 52.5 Å². The van der Waals surface area contributed by atoms with E-state index in [9.17, 15) is 19.8 Å². The van der Waals surface area contributed by atoms with E-state index in [0.717, 1.165) is 46.2 Å². The second-order valence-electron chi connectivity index (χ2n) is 8.35. The Hall–Kier alpha value is -3.45. The summed E-state index contributed by atoms with van der Waals surface area (Å²) in [6.45, 7) is 2.17. The first-order valence-electron chi connectivity index (χ1n) is 11.4. The van der Waals surface area contributed by atoms with Crippen molar-refractivity contribution < 1.29 is 19.8 Å². The molecule has 0 spiro atoms. The van der Waals surface area contributed by atoms with E-state index < -0.39 is 11.9 Å². The van der Waals surface area contributed by atoms with Crippen molar-refractivity contribution in [2.75, 3.05) is 5.88 Å². The van der Waals surface area contributed by atoms with Gasteiger partial charge in [0.15, 0.2) is 0 Å². The fourth-order valence-corrected chi connectivity index (χ4v) is 5.33. The summed E-state index contributed by atoms with van der Waals surface area (Å²) in [5.74, 6) is -1.21. The molecular weight excluding hydrogens is 448 g/mol. The molecule has 34 heavy (non-hydrogen) atoms. The Morgan fingerprint density at radius 3 is 2.38 bits per heavy atom. The Bertz CT molecular complexity index is 1240. The van der Waals surface area contributed by atoms with Crippen molar-refractivity contribution in [1.82, 2.24) is 10.2 Å². The highest BCUT2D eigenvalue weighted by Crippen LogP contribution is 2.29. The van der Waals surface area contributed by atoms with Crippen LogP contribution < -0.4 is 5.32 Å². The zero-order valence-corrected chi connectivity index (χ0v) is 19.8. The Kier molecular flexibility index (Phi) is 7.43. The smallest absolute Gasteiger partial charge is 0.336 e. The average Bonchev–Trinajstić information content (AvgIpc) is 3.22. The highest BCUT2D eigenvalue weighted by atomic mass is 32.2. The van der Waals surface area contributed by atoms with E-state index >= 15 is 0 Å². The molecule has 0 aliphatic carbocycles. The van der Waals surface area contributed by atoms with Gasteiger partial charge in [0.2, 0.25) is 0 Å². The number of hydrogen-bond donors (Lipinski definition) is 3. The van der Waals surface area contributed by atoms with Crippen molar-refractivity contribution >= 4 is 34.5 Å². The normalized spacial score (nSPS) is 15.3. The van der Waals surface area contributed by atoms with Gasteiger partial charge in [-0.3, -0.25) is 0 Å². The molecule has 0 saturated carbocycles. The standard InChI is InChI=1S/C27H28N2O4S/c1-2-3-12-25-28-19(16-29(25)17-34-24-11-7-6-10-23(24)27(32)33)15-18-13-14-22(26(30)31)21-9-5-4-8-20(18)21/h4-11,13-14,16,25,28H,2-3,12,15,17H2,1H3,(H,30,31)(H,32,33). The zero-order chi connectivity index (χ0) is 24.1. The minimum atomic E-state index is -0.926. The predicted octanol–water partition coefficient (Wildman–Crippen LogP) is 5.79. The second-order valence-corrected chi connectivity index (χ2v) is 9.33. The van der Waals surface area contributed by atoms with E-state index in [4.69, 9.17) is 0 Å².